The highest BCUT2D eigenvalue weighted by molar-refractivity contribution is 5.92. The Balaban J connectivity index is 1.51. The van der Waals surface area contributed by atoms with Gasteiger partial charge in [0.25, 0.3) is 5.92 Å². The maximum absolute atomic E-state index is 14.8. The predicted molar refractivity (Wildman–Crippen MR) is 117 cm³/mol. The van der Waals surface area contributed by atoms with Crippen molar-refractivity contribution in [1.29, 1.82) is 0 Å². The van der Waals surface area contributed by atoms with E-state index >= 15 is 0 Å². The van der Waals surface area contributed by atoms with Crippen LogP contribution >= 0.6 is 0 Å². The van der Waals surface area contributed by atoms with Gasteiger partial charge in [0.1, 0.15) is 5.82 Å². The standard InChI is InChI=1S/C23H20F3N5O2/c1-12-17-8-14(10-27-21(17)31-30-12)16-5-4-13(6-19(16)24)7-20(32)29-15-9-18(23(2,25)26)22(33-3)28-11-15/h4-6,8-11H,7H2,1-3H3,(H,29,32)(H,27,30,31). The second kappa shape index (κ2) is 8.53. The molecule has 3 heterocycles. The lowest BCUT2D eigenvalue weighted by Gasteiger charge is -2.15. The summed E-state index contributed by atoms with van der Waals surface area (Å²) in [4.78, 5) is 20.5. The van der Waals surface area contributed by atoms with E-state index < -0.39 is 23.2 Å². The minimum absolute atomic E-state index is 0.0873. The van der Waals surface area contributed by atoms with Crippen molar-refractivity contribution in [2.24, 2.45) is 0 Å². The molecule has 0 fully saturated rings. The molecule has 0 aliphatic heterocycles. The van der Waals surface area contributed by atoms with Crippen molar-refractivity contribution in [1.82, 2.24) is 20.2 Å². The van der Waals surface area contributed by atoms with Gasteiger partial charge in [-0.25, -0.2) is 23.1 Å². The highest BCUT2D eigenvalue weighted by Crippen LogP contribution is 2.34. The number of aryl methyl sites for hydroxylation is 1. The molecule has 0 saturated heterocycles. The Morgan fingerprint density at radius 1 is 1.18 bits per heavy atom. The molecule has 0 saturated carbocycles. The zero-order valence-corrected chi connectivity index (χ0v) is 18.0. The van der Waals surface area contributed by atoms with Gasteiger partial charge in [-0.2, -0.15) is 5.10 Å². The maximum atomic E-state index is 14.8. The first-order chi connectivity index (χ1) is 15.7. The van der Waals surface area contributed by atoms with Crippen LogP contribution in [0.15, 0.2) is 42.7 Å². The Bertz CT molecular complexity index is 1350. The SMILES string of the molecule is COc1ncc(NC(=O)Cc2ccc(-c3cnc4n[nH]c(C)c4c3)c(F)c2)cc1C(C)(F)F. The van der Waals surface area contributed by atoms with Crippen molar-refractivity contribution in [2.45, 2.75) is 26.2 Å². The van der Waals surface area contributed by atoms with E-state index in [0.29, 0.717) is 29.3 Å². The number of halogens is 3. The van der Waals surface area contributed by atoms with Crippen LogP contribution in [-0.4, -0.2) is 33.2 Å². The van der Waals surface area contributed by atoms with Gasteiger partial charge in [0.15, 0.2) is 5.65 Å². The number of fused-ring (bicyclic) bond motifs is 1. The van der Waals surface area contributed by atoms with Crippen LogP contribution in [0, 0.1) is 12.7 Å². The second-order valence-corrected chi connectivity index (χ2v) is 7.65. The molecule has 0 unspecified atom stereocenters. The minimum atomic E-state index is -3.20. The number of alkyl halides is 2. The molecule has 0 aliphatic rings. The molecule has 4 rings (SSSR count). The number of hydrogen-bond donors (Lipinski definition) is 2. The van der Waals surface area contributed by atoms with E-state index in [0.717, 1.165) is 17.1 Å². The highest BCUT2D eigenvalue weighted by atomic mass is 19.3. The monoisotopic (exact) mass is 455 g/mol. The summed E-state index contributed by atoms with van der Waals surface area (Å²) < 4.78 is 47.3. The number of hydrogen-bond acceptors (Lipinski definition) is 5. The zero-order valence-electron chi connectivity index (χ0n) is 18.0. The van der Waals surface area contributed by atoms with Crippen molar-refractivity contribution in [2.75, 3.05) is 12.4 Å². The van der Waals surface area contributed by atoms with Gasteiger partial charge in [0.2, 0.25) is 11.8 Å². The summed E-state index contributed by atoms with van der Waals surface area (Å²) in [6, 6.07) is 7.36. The third kappa shape index (κ3) is 4.64. The lowest BCUT2D eigenvalue weighted by molar-refractivity contribution is -0.115. The summed E-state index contributed by atoms with van der Waals surface area (Å²) in [6.45, 7) is 2.56. The Morgan fingerprint density at radius 3 is 2.67 bits per heavy atom. The molecular formula is C23H20F3N5O2. The van der Waals surface area contributed by atoms with Crippen LogP contribution in [0.3, 0.4) is 0 Å². The maximum Gasteiger partial charge on any atom is 0.275 e. The van der Waals surface area contributed by atoms with Gasteiger partial charge in [0, 0.05) is 35.3 Å². The van der Waals surface area contributed by atoms with Gasteiger partial charge >= 0.3 is 0 Å². The van der Waals surface area contributed by atoms with Crippen LogP contribution in [0.5, 0.6) is 5.88 Å². The first kappa shape index (κ1) is 22.3. The van der Waals surface area contributed by atoms with E-state index in [1.54, 1.807) is 18.2 Å². The van der Waals surface area contributed by atoms with Gasteiger partial charge in [-0.15, -0.1) is 0 Å². The fourth-order valence-corrected chi connectivity index (χ4v) is 3.46. The number of aromatic nitrogens is 4. The van der Waals surface area contributed by atoms with E-state index in [1.807, 2.05) is 6.92 Å². The molecule has 33 heavy (non-hydrogen) atoms. The molecule has 0 aliphatic carbocycles. The first-order valence-corrected chi connectivity index (χ1v) is 9.97. The number of methoxy groups -OCH3 is 1. The van der Waals surface area contributed by atoms with Gasteiger partial charge in [-0.1, -0.05) is 12.1 Å². The van der Waals surface area contributed by atoms with Gasteiger partial charge in [-0.3, -0.25) is 9.89 Å². The molecule has 0 radical (unpaired) electrons. The Morgan fingerprint density at radius 2 is 1.97 bits per heavy atom. The Kier molecular flexibility index (Phi) is 5.75. The summed E-state index contributed by atoms with van der Waals surface area (Å²) in [7, 11) is 1.23. The number of carbonyl (C=O) groups excluding carboxylic acids is 1. The summed E-state index contributed by atoms with van der Waals surface area (Å²) in [6.07, 6.45) is 2.60. The van der Waals surface area contributed by atoms with Crippen molar-refractivity contribution < 1.29 is 22.7 Å². The number of aromatic amines is 1. The molecule has 170 valence electrons. The molecular weight excluding hydrogens is 435 g/mol. The summed E-state index contributed by atoms with van der Waals surface area (Å²) in [5, 5.41) is 10.2. The van der Waals surface area contributed by atoms with Gasteiger partial charge in [-0.05, 0) is 30.7 Å². The van der Waals surface area contributed by atoms with Crippen LogP contribution < -0.4 is 10.1 Å². The molecule has 0 atom stereocenters. The van der Waals surface area contributed by atoms with Crippen molar-refractivity contribution in [3.05, 3.63) is 65.4 Å². The average molecular weight is 455 g/mol. The molecule has 3 aromatic heterocycles. The number of carbonyl (C=O) groups is 1. The Labute approximate surface area is 187 Å². The van der Waals surface area contributed by atoms with Crippen molar-refractivity contribution in [3.8, 4) is 17.0 Å². The second-order valence-electron chi connectivity index (χ2n) is 7.65. The zero-order chi connectivity index (χ0) is 23.8. The molecule has 4 aromatic rings. The van der Waals surface area contributed by atoms with Crippen LogP contribution in [0.2, 0.25) is 0 Å². The fraction of sp³-hybridized carbons (Fsp3) is 0.217. The molecule has 2 N–H and O–H groups in total. The van der Waals surface area contributed by atoms with Gasteiger partial charge < -0.3 is 10.1 Å². The number of anilines is 1. The summed E-state index contributed by atoms with van der Waals surface area (Å²) in [5.41, 5.74) is 2.35. The summed E-state index contributed by atoms with van der Waals surface area (Å²) in [5.74, 6) is -4.44. The van der Waals surface area contributed by atoms with E-state index in [4.69, 9.17) is 4.74 Å². The lowest BCUT2D eigenvalue weighted by atomic mass is 10.0. The molecule has 7 nitrogen and oxygen atoms in total. The topological polar surface area (TPSA) is 92.8 Å². The Hall–Kier alpha value is -3.95. The molecule has 0 bridgehead atoms. The quantitative estimate of drug-likeness (QED) is 0.437. The van der Waals surface area contributed by atoms with Crippen molar-refractivity contribution in [3.63, 3.8) is 0 Å². The highest BCUT2D eigenvalue weighted by Gasteiger charge is 2.30. The number of benzene rings is 1. The fourth-order valence-electron chi connectivity index (χ4n) is 3.46. The van der Waals surface area contributed by atoms with E-state index in [-0.39, 0.29) is 18.0 Å². The number of nitrogens with zero attached hydrogens (tertiary/aromatic N) is 3. The lowest BCUT2D eigenvalue weighted by Crippen LogP contribution is -2.16. The summed E-state index contributed by atoms with van der Waals surface area (Å²) >= 11 is 0. The smallest absolute Gasteiger partial charge is 0.275 e. The van der Waals surface area contributed by atoms with Crippen LogP contribution in [0.25, 0.3) is 22.2 Å². The van der Waals surface area contributed by atoms with E-state index in [1.165, 1.54) is 25.6 Å². The third-order valence-corrected chi connectivity index (χ3v) is 5.11. The minimum Gasteiger partial charge on any atom is -0.481 e. The van der Waals surface area contributed by atoms with E-state index in [2.05, 4.69) is 25.5 Å². The number of rotatable bonds is 6. The van der Waals surface area contributed by atoms with Crippen LogP contribution in [0.1, 0.15) is 23.7 Å². The molecule has 0 spiro atoms. The predicted octanol–water partition coefficient (Wildman–Crippen LogP) is 4.77. The number of pyridine rings is 2. The average Bonchev–Trinajstić information content (AvgIpc) is 3.13. The van der Waals surface area contributed by atoms with Gasteiger partial charge in [0.05, 0.1) is 31.0 Å². The molecule has 1 amide bonds. The largest absolute Gasteiger partial charge is 0.481 e. The number of H-pyrrole nitrogens is 1. The van der Waals surface area contributed by atoms with Crippen LogP contribution in [0.4, 0.5) is 18.9 Å². The van der Waals surface area contributed by atoms with Crippen LogP contribution in [-0.2, 0) is 17.1 Å². The molecule has 1 aromatic carbocycles. The number of ether oxygens (including phenoxy) is 1. The normalized spacial score (nSPS) is 11.6. The van der Waals surface area contributed by atoms with E-state index in [9.17, 15) is 18.0 Å². The number of nitrogens with one attached hydrogen (secondary N) is 2. The first-order valence-electron chi connectivity index (χ1n) is 9.97. The van der Waals surface area contributed by atoms with Crippen molar-refractivity contribution >= 4 is 22.6 Å². The molecule has 10 heteroatoms. The number of amides is 1. The third-order valence-electron chi connectivity index (χ3n) is 5.11.